The number of nitrogens with zero attached hydrogens (tertiary/aromatic N) is 3. The Kier molecular flexibility index (Phi) is 9.06. The van der Waals surface area contributed by atoms with Crippen LogP contribution in [0.2, 0.25) is 0 Å². The molecule has 3 aromatic rings. The minimum absolute atomic E-state index is 0. The molecule has 5 nitrogen and oxygen atoms in total. The summed E-state index contributed by atoms with van der Waals surface area (Å²) in [5.41, 5.74) is 1.64. The lowest BCUT2D eigenvalue weighted by Gasteiger charge is -2.29. The average molecular weight is 496 g/mol. The summed E-state index contributed by atoms with van der Waals surface area (Å²) in [7, 11) is 0. The van der Waals surface area contributed by atoms with Crippen LogP contribution >= 0.6 is 47.3 Å². The minimum Gasteiger partial charge on any atom is -0.379 e. The highest BCUT2D eigenvalue weighted by Crippen LogP contribution is 2.32. The first-order valence-corrected chi connectivity index (χ1v) is 13.1. The highest BCUT2D eigenvalue weighted by atomic mass is 35.5. The van der Waals surface area contributed by atoms with Gasteiger partial charge in [-0.3, -0.25) is 14.6 Å². The summed E-state index contributed by atoms with van der Waals surface area (Å²) >= 11 is 4.95. The number of benzene rings is 2. The van der Waals surface area contributed by atoms with Crippen LogP contribution in [0.3, 0.4) is 0 Å². The number of fused-ring (bicyclic) bond motifs is 1. The van der Waals surface area contributed by atoms with Gasteiger partial charge in [0.05, 0.1) is 23.4 Å². The van der Waals surface area contributed by atoms with E-state index in [2.05, 4.69) is 23.3 Å². The Bertz CT molecular complexity index is 1020. The van der Waals surface area contributed by atoms with Crippen LogP contribution in [0.4, 0.5) is 5.13 Å². The minimum atomic E-state index is 0. The summed E-state index contributed by atoms with van der Waals surface area (Å²) in [4.78, 5) is 24.8. The first-order chi connectivity index (χ1) is 14.7. The van der Waals surface area contributed by atoms with Crippen molar-refractivity contribution in [3.05, 3.63) is 48.0 Å². The van der Waals surface area contributed by atoms with Gasteiger partial charge in [-0.25, -0.2) is 4.98 Å². The maximum absolute atomic E-state index is 13.5. The molecule has 0 atom stereocenters. The van der Waals surface area contributed by atoms with E-state index in [0.29, 0.717) is 12.1 Å². The van der Waals surface area contributed by atoms with Crippen molar-refractivity contribution >= 4 is 68.5 Å². The average Bonchev–Trinajstić information content (AvgIpc) is 3.22. The molecule has 1 aliphatic heterocycles. The van der Waals surface area contributed by atoms with E-state index in [1.165, 1.54) is 4.90 Å². The molecule has 2 heterocycles. The number of carbonyl (C=O) groups is 1. The Hall–Kier alpha value is -1.29. The number of carbonyl (C=O) groups excluding carboxylic acids is 1. The number of ether oxygens (including phenoxy) is 1. The molecule has 1 aliphatic rings. The van der Waals surface area contributed by atoms with Crippen molar-refractivity contribution in [3.63, 3.8) is 0 Å². The van der Waals surface area contributed by atoms with Crippen molar-refractivity contribution in [2.45, 2.75) is 9.79 Å². The van der Waals surface area contributed by atoms with Crippen LogP contribution in [0.15, 0.2) is 52.3 Å². The van der Waals surface area contributed by atoms with E-state index in [9.17, 15) is 4.79 Å². The van der Waals surface area contributed by atoms with Gasteiger partial charge >= 0.3 is 0 Å². The number of anilines is 1. The highest BCUT2D eigenvalue weighted by molar-refractivity contribution is 7.98. The topological polar surface area (TPSA) is 45.7 Å². The quantitative estimate of drug-likeness (QED) is 0.423. The third-order valence-corrected chi connectivity index (χ3v) is 7.61. The van der Waals surface area contributed by atoms with E-state index >= 15 is 0 Å². The van der Waals surface area contributed by atoms with Gasteiger partial charge in [0.25, 0.3) is 5.91 Å². The van der Waals surface area contributed by atoms with Crippen LogP contribution in [0, 0.1) is 0 Å². The first-order valence-electron chi connectivity index (χ1n) is 9.88. The fraction of sp³-hybridized carbons (Fsp3) is 0.364. The molecule has 0 bridgehead atoms. The normalized spacial score (nSPS) is 14.4. The number of thiazole rings is 1. The zero-order valence-corrected chi connectivity index (χ0v) is 20.8. The van der Waals surface area contributed by atoms with Crippen molar-refractivity contribution in [2.24, 2.45) is 0 Å². The van der Waals surface area contributed by atoms with E-state index in [1.54, 1.807) is 34.9 Å². The number of hydrogen-bond donors (Lipinski definition) is 0. The molecule has 1 amide bonds. The standard InChI is InChI=1S/C22H25N3O2S3.ClH/c1-28-17-5-3-4-16(14-17)21(26)25(9-8-24-10-12-27-13-11-24)22-23-19-7-6-18(29-2)15-20(19)30-22;/h3-7,14-15H,8-13H2,1-2H3;1H. The van der Waals surface area contributed by atoms with Gasteiger partial charge < -0.3 is 4.74 Å². The molecule has 0 spiro atoms. The van der Waals surface area contributed by atoms with Crippen molar-refractivity contribution < 1.29 is 9.53 Å². The molecule has 31 heavy (non-hydrogen) atoms. The van der Waals surface area contributed by atoms with Crippen molar-refractivity contribution in [1.82, 2.24) is 9.88 Å². The maximum atomic E-state index is 13.5. The van der Waals surface area contributed by atoms with Crippen molar-refractivity contribution in [2.75, 3.05) is 56.8 Å². The molecular formula is C22H26ClN3O2S3. The number of hydrogen-bond acceptors (Lipinski definition) is 7. The Labute approximate surface area is 202 Å². The number of morpholine rings is 1. The van der Waals surface area contributed by atoms with E-state index in [-0.39, 0.29) is 18.3 Å². The number of aromatic nitrogens is 1. The van der Waals surface area contributed by atoms with Gasteiger partial charge in [-0.1, -0.05) is 17.4 Å². The predicted molar refractivity (Wildman–Crippen MR) is 136 cm³/mol. The van der Waals surface area contributed by atoms with Gasteiger partial charge in [0.15, 0.2) is 5.13 Å². The van der Waals surface area contributed by atoms with Crippen molar-refractivity contribution in [3.8, 4) is 0 Å². The second kappa shape index (κ2) is 11.5. The lowest BCUT2D eigenvalue weighted by Crippen LogP contribution is -2.43. The zero-order chi connectivity index (χ0) is 20.9. The van der Waals surface area contributed by atoms with Crippen molar-refractivity contribution in [1.29, 1.82) is 0 Å². The molecule has 9 heteroatoms. The fourth-order valence-corrected chi connectivity index (χ4v) is 5.40. The molecule has 1 fully saturated rings. The number of rotatable bonds is 7. The Morgan fingerprint density at radius 2 is 1.87 bits per heavy atom. The molecule has 0 unspecified atom stereocenters. The van der Waals surface area contributed by atoms with E-state index in [0.717, 1.165) is 53.1 Å². The van der Waals surface area contributed by atoms with Gasteiger partial charge in [-0.2, -0.15) is 0 Å². The van der Waals surface area contributed by atoms with Gasteiger partial charge in [0.2, 0.25) is 0 Å². The predicted octanol–water partition coefficient (Wildman–Crippen LogP) is 5.14. The Morgan fingerprint density at radius 1 is 1.13 bits per heavy atom. The molecule has 166 valence electrons. The SMILES string of the molecule is CSc1cccc(C(=O)N(CCN2CCOCC2)c2nc3ccc(SC)cc3s2)c1.Cl. The third kappa shape index (κ3) is 5.94. The smallest absolute Gasteiger partial charge is 0.260 e. The fourth-order valence-electron chi connectivity index (χ4n) is 3.40. The summed E-state index contributed by atoms with van der Waals surface area (Å²) in [5.74, 6) is 0.00306. The van der Waals surface area contributed by atoms with E-state index < -0.39 is 0 Å². The van der Waals surface area contributed by atoms with Crippen LogP contribution < -0.4 is 4.90 Å². The summed E-state index contributed by atoms with van der Waals surface area (Å²) in [6.45, 7) is 4.73. The van der Waals surface area contributed by atoms with E-state index in [4.69, 9.17) is 9.72 Å². The lowest BCUT2D eigenvalue weighted by molar-refractivity contribution is 0.0391. The zero-order valence-electron chi connectivity index (χ0n) is 17.6. The summed E-state index contributed by atoms with van der Waals surface area (Å²) in [5, 5.41) is 0.760. The largest absolute Gasteiger partial charge is 0.379 e. The second-order valence-electron chi connectivity index (χ2n) is 6.97. The number of halogens is 1. The Balaban J connectivity index is 0.00000272. The monoisotopic (exact) mass is 495 g/mol. The van der Waals surface area contributed by atoms with Gasteiger partial charge in [0.1, 0.15) is 0 Å². The molecule has 0 saturated carbocycles. The molecule has 2 aromatic carbocycles. The number of thioether (sulfide) groups is 2. The molecule has 0 radical (unpaired) electrons. The van der Waals surface area contributed by atoms with Crippen LogP contribution in [0.5, 0.6) is 0 Å². The molecule has 0 N–H and O–H groups in total. The van der Waals surface area contributed by atoms with Crippen LogP contribution in [-0.2, 0) is 4.74 Å². The Morgan fingerprint density at radius 3 is 2.61 bits per heavy atom. The molecule has 0 aliphatic carbocycles. The highest BCUT2D eigenvalue weighted by Gasteiger charge is 2.23. The molecule has 1 saturated heterocycles. The number of amides is 1. The van der Waals surface area contributed by atoms with Crippen LogP contribution in [0.1, 0.15) is 10.4 Å². The third-order valence-electron chi connectivity index (χ3n) is 5.12. The molecule has 1 aromatic heterocycles. The summed E-state index contributed by atoms with van der Waals surface area (Å²) < 4.78 is 6.57. The lowest BCUT2D eigenvalue weighted by atomic mass is 10.2. The second-order valence-corrected chi connectivity index (χ2v) is 9.74. The van der Waals surface area contributed by atoms with E-state index in [1.807, 2.05) is 41.5 Å². The molecule has 4 rings (SSSR count). The van der Waals surface area contributed by atoms with Gasteiger partial charge in [0, 0.05) is 41.5 Å². The summed E-state index contributed by atoms with van der Waals surface area (Å²) in [6, 6.07) is 14.1. The maximum Gasteiger partial charge on any atom is 0.260 e. The first kappa shape index (κ1) is 24.4. The molecular weight excluding hydrogens is 470 g/mol. The summed E-state index contributed by atoms with van der Waals surface area (Å²) in [6.07, 6.45) is 4.09. The van der Waals surface area contributed by atoms with Crippen LogP contribution in [0.25, 0.3) is 10.2 Å². The van der Waals surface area contributed by atoms with Gasteiger partial charge in [-0.15, -0.1) is 35.9 Å². The van der Waals surface area contributed by atoms with Crippen LogP contribution in [-0.4, -0.2) is 67.7 Å². The van der Waals surface area contributed by atoms with Gasteiger partial charge in [-0.05, 0) is 48.9 Å².